The molecule has 0 spiro atoms. The highest BCUT2D eigenvalue weighted by Gasteiger charge is 2.39. The zero-order valence-electron chi connectivity index (χ0n) is 19.3. The van der Waals surface area contributed by atoms with Gasteiger partial charge in [0.2, 0.25) is 0 Å². The highest BCUT2D eigenvalue weighted by atomic mass is 35.5. The molecule has 34 heavy (non-hydrogen) atoms. The van der Waals surface area contributed by atoms with Crippen LogP contribution in [0.2, 0.25) is 5.02 Å². The van der Waals surface area contributed by atoms with Gasteiger partial charge in [-0.2, -0.15) is 0 Å². The van der Waals surface area contributed by atoms with Crippen LogP contribution in [0.3, 0.4) is 0 Å². The Morgan fingerprint density at radius 2 is 1.97 bits per heavy atom. The maximum atomic E-state index is 13.4. The zero-order chi connectivity index (χ0) is 24.2. The Bertz CT molecular complexity index is 1170. The van der Waals surface area contributed by atoms with Gasteiger partial charge in [-0.3, -0.25) is 4.79 Å². The van der Waals surface area contributed by atoms with Gasteiger partial charge in [-0.15, -0.1) is 0 Å². The molecule has 0 unspecified atom stereocenters. The van der Waals surface area contributed by atoms with Crippen molar-refractivity contribution in [2.45, 2.75) is 45.4 Å². The Labute approximate surface area is 204 Å². The number of hydrogen-bond acceptors (Lipinski definition) is 6. The van der Waals surface area contributed by atoms with E-state index in [0.29, 0.717) is 41.9 Å². The average Bonchev–Trinajstić information content (AvgIpc) is 2.82. The van der Waals surface area contributed by atoms with Crippen LogP contribution in [0.15, 0.2) is 65.0 Å². The third kappa shape index (κ3) is 4.82. The van der Waals surface area contributed by atoms with E-state index in [-0.39, 0.29) is 28.9 Å². The normalized spacial score (nSPS) is 17.9. The lowest BCUT2D eigenvalue weighted by Crippen LogP contribution is -2.34. The molecule has 0 bridgehead atoms. The third-order valence-electron chi connectivity index (χ3n) is 6.15. The predicted octanol–water partition coefficient (Wildman–Crippen LogP) is 5.20. The molecule has 2 aromatic rings. The highest BCUT2D eigenvalue weighted by Crippen LogP contribution is 2.46. The van der Waals surface area contributed by atoms with E-state index >= 15 is 0 Å². The monoisotopic (exact) mass is 481 g/mol. The first-order valence-corrected chi connectivity index (χ1v) is 11.9. The van der Waals surface area contributed by atoms with Crippen LogP contribution in [0.4, 0.5) is 0 Å². The van der Waals surface area contributed by atoms with Crippen LogP contribution >= 0.6 is 11.6 Å². The van der Waals surface area contributed by atoms with Crippen molar-refractivity contribution in [1.82, 2.24) is 5.32 Å². The summed E-state index contributed by atoms with van der Waals surface area (Å²) in [7, 11) is 0. The van der Waals surface area contributed by atoms with Crippen LogP contribution in [-0.2, 0) is 20.7 Å². The minimum Gasteiger partial charge on any atom is -0.503 e. The number of hydrogen-bond donors (Lipinski definition) is 2. The number of nitrogens with one attached hydrogen (secondary N) is 1. The number of esters is 1. The summed E-state index contributed by atoms with van der Waals surface area (Å²) in [6.07, 6.45) is 2.47. The minimum absolute atomic E-state index is 0.0111. The van der Waals surface area contributed by atoms with Crippen LogP contribution in [-0.4, -0.2) is 30.1 Å². The Morgan fingerprint density at radius 3 is 2.71 bits per heavy atom. The van der Waals surface area contributed by atoms with Gasteiger partial charge in [0.1, 0.15) is 0 Å². The lowest BCUT2D eigenvalue weighted by atomic mass is 9.75. The third-order valence-corrected chi connectivity index (χ3v) is 6.43. The number of allylic oxidation sites excluding steroid dienone is 3. The maximum Gasteiger partial charge on any atom is 0.336 e. The molecule has 4 rings (SSSR count). The SMILES string of the molecule is CCOc1cc([C@H]2C(C(=O)OCCc3ccccc3)=C(C)NC3=C2C(=O)CCC3)cc(Cl)c1O. The van der Waals surface area contributed by atoms with Crippen molar-refractivity contribution >= 4 is 23.4 Å². The fourth-order valence-electron chi connectivity index (χ4n) is 4.60. The van der Waals surface area contributed by atoms with E-state index < -0.39 is 11.9 Å². The first-order chi connectivity index (χ1) is 16.4. The second-order valence-corrected chi connectivity index (χ2v) is 8.83. The number of carbonyl (C=O) groups is 2. The molecule has 1 aliphatic carbocycles. The lowest BCUT2D eigenvalue weighted by Gasteiger charge is -2.34. The van der Waals surface area contributed by atoms with Crippen LogP contribution in [0.25, 0.3) is 0 Å². The molecule has 2 aliphatic rings. The molecule has 0 amide bonds. The van der Waals surface area contributed by atoms with Crippen molar-refractivity contribution < 1.29 is 24.2 Å². The summed E-state index contributed by atoms with van der Waals surface area (Å²) in [5.74, 6) is -1.12. The van der Waals surface area contributed by atoms with E-state index in [2.05, 4.69) is 5.32 Å². The summed E-state index contributed by atoms with van der Waals surface area (Å²) in [6.45, 7) is 4.16. The summed E-state index contributed by atoms with van der Waals surface area (Å²) in [5, 5.41) is 13.7. The molecule has 1 heterocycles. The molecule has 178 valence electrons. The Morgan fingerprint density at radius 1 is 1.21 bits per heavy atom. The van der Waals surface area contributed by atoms with Gasteiger partial charge in [0.05, 0.1) is 23.8 Å². The smallest absolute Gasteiger partial charge is 0.336 e. The number of benzene rings is 2. The van der Waals surface area contributed by atoms with Gasteiger partial charge < -0.3 is 19.9 Å². The summed E-state index contributed by atoms with van der Waals surface area (Å²) >= 11 is 6.32. The van der Waals surface area contributed by atoms with Gasteiger partial charge in [0.15, 0.2) is 17.3 Å². The van der Waals surface area contributed by atoms with Crippen molar-refractivity contribution in [2.24, 2.45) is 0 Å². The number of phenolic OH excluding ortho intramolecular Hbond substituents is 1. The maximum absolute atomic E-state index is 13.4. The van der Waals surface area contributed by atoms with Crippen molar-refractivity contribution in [1.29, 1.82) is 0 Å². The molecular weight excluding hydrogens is 454 g/mol. The molecule has 1 atom stereocenters. The number of halogens is 1. The molecule has 1 aliphatic heterocycles. The second-order valence-electron chi connectivity index (χ2n) is 8.42. The van der Waals surface area contributed by atoms with Gasteiger partial charge in [0.25, 0.3) is 0 Å². The fourth-order valence-corrected chi connectivity index (χ4v) is 4.82. The van der Waals surface area contributed by atoms with Crippen LogP contribution in [0.1, 0.15) is 50.2 Å². The number of carbonyl (C=O) groups excluding carboxylic acids is 2. The van der Waals surface area contributed by atoms with Gasteiger partial charge in [-0.1, -0.05) is 41.9 Å². The van der Waals surface area contributed by atoms with E-state index in [1.54, 1.807) is 19.1 Å². The molecule has 2 aromatic carbocycles. The quantitative estimate of drug-likeness (QED) is 0.529. The topological polar surface area (TPSA) is 84.9 Å². The van der Waals surface area contributed by atoms with E-state index in [4.69, 9.17) is 21.1 Å². The zero-order valence-corrected chi connectivity index (χ0v) is 20.1. The highest BCUT2D eigenvalue weighted by molar-refractivity contribution is 6.32. The molecular formula is C27H28ClNO5. The van der Waals surface area contributed by atoms with Gasteiger partial charge >= 0.3 is 5.97 Å². The van der Waals surface area contributed by atoms with Gasteiger partial charge in [-0.05, 0) is 49.9 Å². The number of ketones is 1. The summed E-state index contributed by atoms with van der Waals surface area (Å²) in [5.41, 5.74) is 4.05. The molecule has 0 fully saturated rings. The van der Waals surface area contributed by atoms with Crippen molar-refractivity contribution in [3.05, 3.63) is 81.2 Å². The number of rotatable bonds is 7. The lowest BCUT2D eigenvalue weighted by molar-refractivity contribution is -0.139. The molecule has 0 saturated heterocycles. The first-order valence-electron chi connectivity index (χ1n) is 11.5. The molecule has 2 N–H and O–H groups in total. The predicted molar refractivity (Wildman–Crippen MR) is 130 cm³/mol. The van der Waals surface area contributed by atoms with Gasteiger partial charge in [-0.25, -0.2) is 4.79 Å². The Hall–Kier alpha value is -3.25. The van der Waals surface area contributed by atoms with E-state index in [1.807, 2.05) is 37.3 Å². The second kappa shape index (κ2) is 10.3. The molecule has 6 nitrogen and oxygen atoms in total. The van der Waals surface area contributed by atoms with Crippen LogP contribution in [0.5, 0.6) is 11.5 Å². The number of phenols is 1. The fraction of sp³-hybridized carbons (Fsp3) is 0.333. The molecule has 0 radical (unpaired) electrons. The Kier molecular flexibility index (Phi) is 7.27. The minimum atomic E-state index is -0.661. The number of aromatic hydroxyl groups is 1. The van der Waals surface area contributed by atoms with E-state index in [0.717, 1.165) is 24.1 Å². The summed E-state index contributed by atoms with van der Waals surface area (Å²) in [6, 6.07) is 13.0. The Balaban J connectivity index is 1.71. The molecule has 0 aromatic heterocycles. The van der Waals surface area contributed by atoms with Crippen molar-refractivity contribution in [3.63, 3.8) is 0 Å². The van der Waals surface area contributed by atoms with Gasteiger partial charge in [0, 0.05) is 35.7 Å². The van der Waals surface area contributed by atoms with Crippen molar-refractivity contribution in [3.8, 4) is 11.5 Å². The summed E-state index contributed by atoms with van der Waals surface area (Å²) in [4.78, 5) is 26.4. The summed E-state index contributed by atoms with van der Waals surface area (Å²) < 4.78 is 11.2. The number of dihydropyridines is 1. The number of ether oxygens (including phenoxy) is 2. The number of Topliss-reactive ketones (excluding diaryl/α,β-unsaturated/α-hetero) is 1. The van der Waals surface area contributed by atoms with Crippen LogP contribution in [0, 0.1) is 0 Å². The molecule has 7 heteroatoms. The first kappa shape index (κ1) is 23.9. The average molecular weight is 482 g/mol. The van der Waals surface area contributed by atoms with Crippen molar-refractivity contribution in [2.75, 3.05) is 13.2 Å². The van der Waals surface area contributed by atoms with E-state index in [9.17, 15) is 14.7 Å². The van der Waals surface area contributed by atoms with E-state index in [1.165, 1.54) is 0 Å². The largest absolute Gasteiger partial charge is 0.503 e. The standard InChI is InChI=1S/C27H28ClNO5/c1-3-33-22-15-18(14-19(28)26(22)31)24-23(16(2)29-20-10-7-11-21(30)25(20)24)27(32)34-13-12-17-8-5-4-6-9-17/h4-6,8-9,14-15,24,29,31H,3,7,10-13H2,1-2H3/t24-/m0/s1. The van der Waals surface area contributed by atoms with Crippen LogP contribution < -0.4 is 10.1 Å². The molecule has 0 saturated carbocycles.